The van der Waals surface area contributed by atoms with E-state index in [1.54, 1.807) is 36.4 Å². The lowest BCUT2D eigenvalue weighted by atomic mass is 10.2. The Hall–Kier alpha value is -4.59. The van der Waals surface area contributed by atoms with Crippen molar-refractivity contribution in [1.82, 2.24) is 5.43 Å². The minimum absolute atomic E-state index is 0.0796. The van der Waals surface area contributed by atoms with Gasteiger partial charge in [0.2, 0.25) is 5.91 Å². The largest absolute Gasteiger partial charge is 0.497 e. The lowest BCUT2D eigenvalue weighted by Crippen LogP contribution is -2.39. The molecule has 11 nitrogen and oxygen atoms in total. The molecule has 0 unspecified atom stereocenters. The van der Waals surface area contributed by atoms with Crippen LogP contribution in [0.25, 0.3) is 0 Å². The standard InChI is InChI=1S/C32H30BrClN4O7S/c1-21(39)36-25-8-14-28(15-9-25)46(41,42)38(26-10-12-27(43-2)13-11-26)19-31(40)37-35-18-23-16-29(33)32(30(17-23)44-3)45-20-22-4-6-24(34)7-5-22/h4-18H,19-20H2,1-3H3,(H,36,39)(H,37,40)/b35-18-. The summed E-state index contributed by atoms with van der Waals surface area (Å²) in [6, 6.07) is 22.5. The summed E-state index contributed by atoms with van der Waals surface area (Å²) in [7, 11) is -1.23. The quantitative estimate of drug-likeness (QED) is 0.127. The minimum Gasteiger partial charge on any atom is -0.497 e. The molecule has 0 bridgehead atoms. The van der Waals surface area contributed by atoms with Crippen molar-refractivity contribution in [3.05, 3.63) is 106 Å². The summed E-state index contributed by atoms with van der Waals surface area (Å²) in [5.41, 5.74) is 4.53. The zero-order valence-electron chi connectivity index (χ0n) is 25.0. The van der Waals surface area contributed by atoms with Gasteiger partial charge in [0.05, 0.1) is 35.5 Å². The summed E-state index contributed by atoms with van der Waals surface area (Å²) in [6.45, 7) is 1.05. The lowest BCUT2D eigenvalue weighted by molar-refractivity contribution is -0.119. The van der Waals surface area contributed by atoms with Crippen LogP contribution in [0.4, 0.5) is 11.4 Å². The summed E-state index contributed by atoms with van der Waals surface area (Å²) in [6.07, 6.45) is 1.39. The zero-order valence-corrected chi connectivity index (χ0v) is 28.1. The van der Waals surface area contributed by atoms with E-state index in [1.807, 2.05) is 12.1 Å². The number of carbonyl (C=O) groups excluding carboxylic acids is 2. The number of carbonyl (C=O) groups is 2. The van der Waals surface area contributed by atoms with Gasteiger partial charge in [-0.1, -0.05) is 23.7 Å². The van der Waals surface area contributed by atoms with Crippen molar-refractivity contribution in [2.75, 3.05) is 30.4 Å². The number of ether oxygens (including phenoxy) is 3. The molecule has 0 aromatic heterocycles. The number of benzene rings is 4. The van der Waals surface area contributed by atoms with Crippen LogP contribution in [0.1, 0.15) is 18.1 Å². The van der Waals surface area contributed by atoms with Crippen LogP contribution in [0.15, 0.2) is 99.4 Å². The molecule has 4 aromatic rings. The Morgan fingerprint density at radius 1 is 0.957 bits per heavy atom. The first-order chi connectivity index (χ1) is 22.0. The van der Waals surface area contributed by atoms with Gasteiger partial charge >= 0.3 is 0 Å². The lowest BCUT2D eigenvalue weighted by Gasteiger charge is -2.24. The Bertz CT molecular complexity index is 1820. The van der Waals surface area contributed by atoms with E-state index in [1.165, 1.54) is 63.8 Å². The number of sulfonamides is 1. The molecule has 2 N–H and O–H groups in total. The van der Waals surface area contributed by atoms with Crippen molar-refractivity contribution in [3.63, 3.8) is 0 Å². The molecule has 0 atom stereocenters. The SMILES string of the molecule is COc1ccc(N(CC(=O)N/N=C\c2cc(Br)c(OCc3ccc(Cl)cc3)c(OC)c2)S(=O)(=O)c2ccc(NC(C)=O)cc2)cc1. The second kappa shape index (κ2) is 15.6. The molecule has 0 spiro atoms. The molecule has 0 aliphatic carbocycles. The summed E-state index contributed by atoms with van der Waals surface area (Å²) < 4.78 is 45.6. The van der Waals surface area contributed by atoms with Crippen molar-refractivity contribution in [2.24, 2.45) is 5.10 Å². The fourth-order valence-corrected chi connectivity index (χ4v) is 6.26. The smallest absolute Gasteiger partial charge is 0.264 e. The summed E-state index contributed by atoms with van der Waals surface area (Å²) in [5.74, 6) is 0.427. The van der Waals surface area contributed by atoms with Crippen LogP contribution in [0.2, 0.25) is 5.02 Å². The van der Waals surface area contributed by atoms with Gasteiger partial charge < -0.3 is 19.5 Å². The molecule has 14 heteroatoms. The number of anilines is 2. The fourth-order valence-electron chi connectivity index (χ4n) is 4.14. The third-order valence-electron chi connectivity index (χ3n) is 6.36. The normalized spacial score (nSPS) is 11.2. The minimum atomic E-state index is -4.21. The van der Waals surface area contributed by atoms with Crippen LogP contribution in [0.5, 0.6) is 17.2 Å². The van der Waals surface area contributed by atoms with E-state index in [4.69, 9.17) is 25.8 Å². The monoisotopic (exact) mass is 728 g/mol. The van der Waals surface area contributed by atoms with Crippen LogP contribution in [-0.4, -0.2) is 47.2 Å². The molecule has 0 aliphatic rings. The highest BCUT2D eigenvalue weighted by Gasteiger charge is 2.27. The third-order valence-corrected chi connectivity index (χ3v) is 8.99. The van der Waals surface area contributed by atoms with Gasteiger partial charge in [0.1, 0.15) is 18.9 Å². The van der Waals surface area contributed by atoms with E-state index in [2.05, 4.69) is 31.8 Å². The number of halogens is 2. The van der Waals surface area contributed by atoms with Gasteiger partial charge in [-0.05, 0) is 99.9 Å². The number of hydrogen-bond donors (Lipinski definition) is 2. The Morgan fingerprint density at radius 3 is 2.24 bits per heavy atom. The van der Waals surface area contributed by atoms with Crippen molar-refractivity contribution in [3.8, 4) is 17.2 Å². The first-order valence-corrected chi connectivity index (χ1v) is 16.2. The molecular weight excluding hydrogens is 700 g/mol. The fraction of sp³-hybridized carbons (Fsp3) is 0.156. The van der Waals surface area contributed by atoms with Gasteiger partial charge in [-0.15, -0.1) is 0 Å². The number of hydrogen-bond acceptors (Lipinski definition) is 8. The topological polar surface area (TPSA) is 136 Å². The van der Waals surface area contributed by atoms with Crippen LogP contribution >= 0.6 is 27.5 Å². The van der Waals surface area contributed by atoms with E-state index < -0.39 is 22.5 Å². The van der Waals surface area contributed by atoms with E-state index >= 15 is 0 Å². The van der Waals surface area contributed by atoms with Crippen LogP contribution in [0.3, 0.4) is 0 Å². The molecule has 0 saturated carbocycles. The van der Waals surface area contributed by atoms with Crippen LogP contribution in [0, 0.1) is 0 Å². The van der Waals surface area contributed by atoms with E-state index in [0.717, 1.165) is 9.87 Å². The molecule has 240 valence electrons. The highest BCUT2D eigenvalue weighted by Crippen LogP contribution is 2.37. The average Bonchev–Trinajstić information content (AvgIpc) is 3.03. The molecule has 0 radical (unpaired) electrons. The predicted molar refractivity (Wildman–Crippen MR) is 180 cm³/mol. The van der Waals surface area contributed by atoms with Crippen molar-refractivity contribution >= 4 is 67.0 Å². The van der Waals surface area contributed by atoms with Crippen molar-refractivity contribution in [1.29, 1.82) is 0 Å². The second-order valence-electron chi connectivity index (χ2n) is 9.66. The molecule has 4 aromatic carbocycles. The maximum Gasteiger partial charge on any atom is 0.264 e. The Balaban J connectivity index is 1.50. The molecule has 0 aliphatic heterocycles. The molecule has 0 fully saturated rings. The number of rotatable bonds is 13. The van der Waals surface area contributed by atoms with Crippen LogP contribution in [-0.2, 0) is 26.2 Å². The highest BCUT2D eigenvalue weighted by molar-refractivity contribution is 9.10. The molecule has 4 rings (SSSR count). The number of nitrogens with zero attached hydrogens (tertiary/aromatic N) is 2. The zero-order chi connectivity index (χ0) is 33.3. The Morgan fingerprint density at radius 2 is 1.63 bits per heavy atom. The molecule has 0 saturated heterocycles. The first kappa shape index (κ1) is 34.3. The van der Waals surface area contributed by atoms with Gasteiger partial charge in [-0.2, -0.15) is 5.10 Å². The van der Waals surface area contributed by atoms with Crippen LogP contribution < -0.4 is 29.3 Å². The van der Waals surface area contributed by atoms with Gasteiger partial charge in [0, 0.05) is 17.6 Å². The maximum atomic E-state index is 13.7. The highest BCUT2D eigenvalue weighted by atomic mass is 79.9. The molecule has 46 heavy (non-hydrogen) atoms. The molecule has 0 heterocycles. The van der Waals surface area contributed by atoms with E-state index in [0.29, 0.717) is 38.0 Å². The summed E-state index contributed by atoms with van der Waals surface area (Å²) >= 11 is 9.45. The summed E-state index contributed by atoms with van der Waals surface area (Å²) in [4.78, 5) is 24.3. The number of amides is 2. The number of hydrazone groups is 1. The summed E-state index contributed by atoms with van der Waals surface area (Å²) in [5, 5.41) is 7.24. The first-order valence-electron chi connectivity index (χ1n) is 13.6. The van der Waals surface area contributed by atoms with Crippen molar-refractivity contribution in [2.45, 2.75) is 18.4 Å². The number of nitrogens with one attached hydrogen (secondary N) is 2. The van der Waals surface area contributed by atoms with Gasteiger partial charge in [-0.3, -0.25) is 13.9 Å². The third kappa shape index (κ3) is 8.99. The Labute approximate surface area is 280 Å². The average molecular weight is 730 g/mol. The predicted octanol–water partition coefficient (Wildman–Crippen LogP) is 6.00. The van der Waals surface area contributed by atoms with Gasteiger partial charge in [-0.25, -0.2) is 13.8 Å². The van der Waals surface area contributed by atoms with Gasteiger partial charge in [0.15, 0.2) is 11.5 Å². The van der Waals surface area contributed by atoms with E-state index in [-0.39, 0.29) is 23.1 Å². The Kier molecular flexibility index (Phi) is 11.6. The van der Waals surface area contributed by atoms with E-state index in [9.17, 15) is 18.0 Å². The van der Waals surface area contributed by atoms with Gasteiger partial charge in [0.25, 0.3) is 15.9 Å². The molecular formula is C32H30BrClN4O7S. The number of methoxy groups -OCH3 is 2. The van der Waals surface area contributed by atoms with Crippen molar-refractivity contribution < 1.29 is 32.2 Å². The second-order valence-corrected chi connectivity index (χ2v) is 12.8. The molecule has 2 amide bonds. The maximum absolute atomic E-state index is 13.7.